The summed E-state index contributed by atoms with van der Waals surface area (Å²) in [5.74, 6) is 0. The standard InChI is InChI=1S/C30H28N2O2/c33-29-25-15-7-3-11-21(25)19-9-1-5-13-23(19)27(29)31-17-18-32-28-24-14-6-2-10-20(24)22-12-4-8-16-26(22)30(28)34/h1-16,27-34H,17-18H2. The molecular formula is C30H28N2O2. The molecule has 0 spiro atoms. The van der Waals surface area contributed by atoms with E-state index in [2.05, 4.69) is 47.0 Å². The molecule has 4 heteroatoms. The third kappa shape index (κ3) is 3.47. The number of rotatable bonds is 5. The van der Waals surface area contributed by atoms with Crippen molar-refractivity contribution in [3.8, 4) is 22.3 Å². The van der Waals surface area contributed by atoms with Crippen molar-refractivity contribution in [2.24, 2.45) is 0 Å². The van der Waals surface area contributed by atoms with Gasteiger partial charge in [0.1, 0.15) is 0 Å². The summed E-state index contributed by atoms with van der Waals surface area (Å²) in [6.07, 6.45) is -1.22. The predicted molar refractivity (Wildman–Crippen MR) is 135 cm³/mol. The van der Waals surface area contributed by atoms with Gasteiger partial charge in [-0.25, -0.2) is 0 Å². The largest absolute Gasteiger partial charge is 0.386 e. The summed E-state index contributed by atoms with van der Waals surface area (Å²) < 4.78 is 0. The minimum atomic E-state index is -0.612. The maximum Gasteiger partial charge on any atom is 0.0990 e. The number of fused-ring (bicyclic) bond motifs is 6. The highest BCUT2D eigenvalue weighted by molar-refractivity contribution is 5.75. The maximum atomic E-state index is 11.2. The van der Waals surface area contributed by atoms with Gasteiger partial charge in [-0.3, -0.25) is 0 Å². The Kier molecular flexibility index (Phi) is 5.52. The first kappa shape index (κ1) is 21.3. The number of aliphatic hydroxyl groups excluding tert-OH is 2. The zero-order chi connectivity index (χ0) is 23.1. The van der Waals surface area contributed by atoms with E-state index in [1.54, 1.807) is 0 Å². The van der Waals surface area contributed by atoms with E-state index in [0.29, 0.717) is 13.1 Å². The fraction of sp³-hybridized carbons (Fsp3) is 0.200. The molecule has 4 aromatic rings. The Bertz CT molecular complexity index is 1230. The van der Waals surface area contributed by atoms with Crippen LogP contribution in [0.2, 0.25) is 0 Å². The average Bonchev–Trinajstić information content (AvgIpc) is 2.90. The van der Waals surface area contributed by atoms with E-state index in [4.69, 9.17) is 0 Å². The smallest absolute Gasteiger partial charge is 0.0990 e. The molecule has 4 atom stereocenters. The lowest BCUT2D eigenvalue weighted by Crippen LogP contribution is -2.38. The van der Waals surface area contributed by atoms with Gasteiger partial charge in [-0.15, -0.1) is 0 Å². The molecule has 0 heterocycles. The van der Waals surface area contributed by atoms with E-state index in [1.165, 1.54) is 11.1 Å². The molecule has 2 aliphatic rings. The van der Waals surface area contributed by atoms with E-state index in [9.17, 15) is 10.2 Å². The maximum absolute atomic E-state index is 11.2. The molecule has 0 saturated carbocycles. The van der Waals surface area contributed by atoms with Crippen molar-refractivity contribution in [1.29, 1.82) is 0 Å². The van der Waals surface area contributed by atoms with Crippen LogP contribution in [-0.2, 0) is 0 Å². The Morgan fingerprint density at radius 2 is 0.735 bits per heavy atom. The van der Waals surface area contributed by atoms with Crippen molar-refractivity contribution in [1.82, 2.24) is 10.6 Å². The van der Waals surface area contributed by atoms with Crippen LogP contribution < -0.4 is 10.6 Å². The predicted octanol–water partition coefficient (Wildman–Crippen LogP) is 5.08. The topological polar surface area (TPSA) is 64.5 Å². The molecule has 0 aliphatic heterocycles. The third-order valence-corrected chi connectivity index (χ3v) is 7.22. The molecule has 0 bridgehead atoms. The van der Waals surface area contributed by atoms with Crippen LogP contribution in [0.15, 0.2) is 97.1 Å². The van der Waals surface area contributed by atoms with Crippen molar-refractivity contribution in [3.63, 3.8) is 0 Å². The first-order valence-electron chi connectivity index (χ1n) is 11.9. The molecule has 2 aliphatic carbocycles. The van der Waals surface area contributed by atoms with Gasteiger partial charge in [0.05, 0.1) is 24.3 Å². The first-order valence-corrected chi connectivity index (χ1v) is 11.9. The van der Waals surface area contributed by atoms with Crippen LogP contribution in [0.5, 0.6) is 0 Å². The molecule has 0 aromatic heterocycles. The van der Waals surface area contributed by atoms with E-state index < -0.39 is 12.2 Å². The molecular weight excluding hydrogens is 420 g/mol. The van der Waals surface area contributed by atoms with Crippen LogP contribution in [0, 0.1) is 0 Å². The Hall–Kier alpha value is -3.28. The summed E-state index contributed by atoms with van der Waals surface area (Å²) in [4.78, 5) is 0. The van der Waals surface area contributed by atoms with Gasteiger partial charge in [0.2, 0.25) is 0 Å². The van der Waals surface area contributed by atoms with Crippen molar-refractivity contribution in [2.45, 2.75) is 24.3 Å². The summed E-state index contributed by atoms with van der Waals surface area (Å²) in [5.41, 5.74) is 8.69. The second-order valence-corrected chi connectivity index (χ2v) is 9.10. The van der Waals surface area contributed by atoms with Gasteiger partial charge in [-0.2, -0.15) is 0 Å². The molecule has 4 aromatic carbocycles. The molecule has 4 nitrogen and oxygen atoms in total. The minimum absolute atomic E-state index is 0.183. The van der Waals surface area contributed by atoms with Crippen molar-refractivity contribution in [3.05, 3.63) is 119 Å². The van der Waals surface area contributed by atoms with E-state index in [0.717, 1.165) is 33.4 Å². The second-order valence-electron chi connectivity index (χ2n) is 9.10. The fourth-order valence-corrected chi connectivity index (χ4v) is 5.63. The van der Waals surface area contributed by atoms with Crippen LogP contribution in [0.4, 0.5) is 0 Å². The molecule has 0 radical (unpaired) electrons. The number of benzene rings is 4. The summed E-state index contributed by atoms with van der Waals surface area (Å²) >= 11 is 0. The molecule has 34 heavy (non-hydrogen) atoms. The van der Waals surface area contributed by atoms with Crippen LogP contribution in [0.3, 0.4) is 0 Å². The highest BCUT2D eigenvalue weighted by atomic mass is 16.3. The number of nitrogens with one attached hydrogen (secondary N) is 2. The number of aliphatic hydroxyl groups is 2. The SMILES string of the molecule is OC1c2ccccc2-c2ccccc2C1NCCNC1c2ccccc2-c2ccccc2C1O. The molecule has 0 fully saturated rings. The van der Waals surface area contributed by atoms with Crippen LogP contribution in [0.25, 0.3) is 22.3 Å². The van der Waals surface area contributed by atoms with E-state index >= 15 is 0 Å². The van der Waals surface area contributed by atoms with Gasteiger partial charge >= 0.3 is 0 Å². The quantitative estimate of drug-likeness (QED) is 0.322. The molecule has 0 amide bonds. The fourth-order valence-electron chi connectivity index (χ4n) is 5.63. The lowest BCUT2D eigenvalue weighted by atomic mass is 9.80. The van der Waals surface area contributed by atoms with Crippen molar-refractivity contribution >= 4 is 0 Å². The summed E-state index contributed by atoms with van der Waals surface area (Å²) in [6, 6.07) is 32.4. The molecule has 170 valence electrons. The molecule has 4 unspecified atom stereocenters. The van der Waals surface area contributed by atoms with Crippen molar-refractivity contribution < 1.29 is 10.2 Å². The normalized spacial score (nSPS) is 22.3. The van der Waals surface area contributed by atoms with Crippen LogP contribution in [0.1, 0.15) is 46.5 Å². The minimum Gasteiger partial charge on any atom is -0.386 e. The Morgan fingerprint density at radius 3 is 1.12 bits per heavy atom. The highest BCUT2D eigenvalue weighted by Crippen LogP contribution is 2.45. The van der Waals surface area contributed by atoms with Gasteiger partial charge < -0.3 is 20.8 Å². The van der Waals surface area contributed by atoms with E-state index in [-0.39, 0.29) is 12.1 Å². The molecule has 0 saturated heterocycles. The zero-order valence-electron chi connectivity index (χ0n) is 18.9. The van der Waals surface area contributed by atoms with Gasteiger partial charge in [0.15, 0.2) is 0 Å². The summed E-state index contributed by atoms with van der Waals surface area (Å²) in [6.45, 7) is 1.32. The van der Waals surface area contributed by atoms with E-state index in [1.807, 2.05) is 60.7 Å². The van der Waals surface area contributed by atoms with Gasteiger partial charge in [-0.1, -0.05) is 97.1 Å². The number of hydrogen-bond acceptors (Lipinski definition) is 4. The zero-order valence-corrected chi connectivity index (χ0v) is 18.9. The molecule has 4 N–H and O–H groups in total. The van der Waals surface area contributed by atoms with Gasteiger partial charge in [-0.05, 0) is 44.5 Å². The van der Waals surface area contributed by atoms with Crippen molar-refractivity contribution in [2.75, 3.05) is 13.1 Å². The highest BCUT2D eigenvalue weighted by Gasteiger charge is 2.33. The van der Waals surface area contributed by atoms with Crippen LogP contribution >= 0.6 is 0 Å². The lowest BCUT2D eigenvalue weighted by molar-refractivity contribution is 0.119. The first-order chi connectivity index (χ1) is 16.7. The summed E-state index contributed by atoms with van der Waals surface area (Å²) in [7, 11) is 0. The Labute approximate surface area is 199 Å². The van der Waals surface area contributed by atoms with Gasteiger partial charge in [0.25, 0.3) is 0 Å². The second kappa shape index (κ2) is 8.82. The Morgan fingerprint density at radius 1 is 0.441 bits per heavy atom. The third-order valence-electron chi connectivity index (χ3n) is 7.22. The monoisotopic (exact) mass is 448 g/mol. The lowest BCUT2D eigenvalue weighted by Gasteiger charge is -2.35. The molecule has 6 rings (SSSR count). The average molecular weight is 449 g/mol. The summed E-state index contributed by atoms with van der Waals surface area (Å²) in [5, 5.41) is 29.5. The van der Waals surface area contributed by atoms with Crippen LogP contribution in [-0.4, -0.2) is 23.3 Å². The van der Waals surface area contributed by atoms with Gasteiger partial charge in [0, 0.05) is 13.1 Å². The Balaban J connectivity index is 1.19. The number of hydrogen-bond donors (Lipinski definition) is 4.